The third-order valence-electron chi connectivity index (χ3n) is 4.13. The molecule has 0 aliphatic rings. The van der Waals surface area contributed by atoms with E-state index in [0.717, 1.165) is 29.9 Å². The van der Waals surface area contributed by atoms with E-state index in [1.165, 1.54) is 0 Å². The Morgan fingerprint density at radius 2 is 1.88 bits per heavy atom. The second-order valence-corrected chi connectivity index (χ2v) is 6.29. The Hall–Kier alpha value is -2.56. The van der Waals surface area contributed by atoms with Crippen molar-refractivity contribution in [3.8, 4) is 5.69 Å². The van der Waals surface area contributed by atoms with Crippen LogP contribution in [0.5, 0.6) is 0 Å². The minimum absolute atomic E-state index is 0.0827. The van der Waals surface area contributed by atoms with E-state index in [2.05, 4.69) is 12.2 Å². The van der Waals surface area contributed by atoms with E-state index in [1.807, 2.05) is 55.7 Å². The number of amides is 1. The highest BCUT2D eigenvalue weighted by atomic mass is 16.5. The van der Waals surface area contributed by atoms with Crippen LogP contribution in [0.1, 0.15) is 48.4 Å². The van der Waals surface area contributed by atoms with E-state index in [0.29, 0.717) is 5.56 Å². The normalized spacial score (nSPS) is 11.8. The molecule has 1 aromatic carbocycles. The molecule has 25 heavy (non-hydrogen) atoms. The SMILES string of the molecule is CCC[C@H](C)NC(=O)COC(=O)c1cc(C)n(-c2ccccc2)c1C. The number of aromatic nitrogens is 1. The van der Waals surface area contributed by atoms with Crippen molar-refractivity contribution in [2.24, 2.45) is 0 Å². The minimum Gasteiger partial charge on any atom is -0.452 e. The van der Waals surface area contributed by atoms with Crippen LogP contribution >= 0.6 is 0 Å². The number of carbonyl (C=O) groups is 2. The van der Waals surface area contributed by atoms with Gasteiger partial charge < -0.3 is 14.6 Å². The van der Waals surface area contributed by atoms with Gasteiger partial charge in [-0.15, -0.1) is 0 Å². The summed E-state index contributed by atoms with van der Waals surface area (Å²) in [5, 5.41) is 2.82. The summed E-state index contributed by atoms with van der Waals surface area (Å²) >= 11 is 0. The van der Waals surface area contributed by atoms with Crippen LogP contribution in [0.15, 0.2) is 36.4 Å². The first-order chi connectivity index (χ1) is 11.9. The average molecular weight is 342 g/mol. The van der Waals surface area contributed by atoms with Crippen molar-refractivity contribution in [1.82, 2.24) is 9.88 Å². The monoisotopic (exact) mass is 342 g/mol. The summed E-state index contributed by atoms with van der Waals surface area (Å²) in [6.45, 7) is 7.56. The molecule has 1 amide bonds. The number of nitrogens with one attached hydrogen (secondary N) is 1. The van der Waals surface area contributed by atoms with Gasteiger partial charge >= 0.3 is 5.97 Å². The van der Waals surface area contributed by atoms with Crippen LogP contribution in [-0.2, 0) is 9.53 Å². The molecule has 1 atom stereocenters. The van der Waals surface area contributed by atoms with Crippen LogP contribution in [0.25, 0.3) is 5.69 Å². The van der Waals surface area contributed by atoms with Crippen molar-refractivity contribution >= 4 is 11.9 Å². The van der Waals surface area contributed by atoms with Crippen molar-refractivity contribution < 1.29 is 14.3 Å². The second kappa shape index (κ2) is 8.51. The summed E-state index contributed by atoms with van der Waals surface area (Å²) in [5.74, 6) is -0.750. The van der Waals surface area contributed by atoms with Gasteiger partial charge in [-0.1, -0.05) is 31.5 Å². The molecule has 2 aromatic rings. The highest BCUT2D eigenvalue weighted by Crippen LogP contribution is 2.21. The van der Waals surface area contributed by atoms with Crippen molar-refractivity contribution in [2.75, 3.05) is 6.61 Å². The first kappa shape index (κ1) is 18.8. The third-order valence-corrected chi connectivity index (χ3v) is 4.13. The van der Waals surface area contributed by atoms with Gasteiger partial charge in [-0.3, -0.25) is 4.79 Å². The summed E-state index contributed by atoms with van der Waals surface area (Å²) < 4.78 is 7.19. The van der Waals surface area contributed by atoms with Crippen LogP contribution in [0.4, 0.5) is 0 Å². The van der Waals surface area contributed by atoms with E-state index in [-0.39, 0.29) is 18.6 Å². The highest BCUT2D eigenvalue weighted by Gasteiger charge is 2.19. The fourth-order valence-corrected chi connectivity index (χ4v) is 2.97. The van der Waals surface area contributed by atoms with Gasteiger partial charge in [0.2, 0.25) is 0 Å². The number of carbonyl (C=O) groups excluding carboxylic acids is 2. The lowest BCUT2D eigenvalue weighted by Crippen LogP contribution is -2.35. The smallest absolute Gasteiger partial charge is 0.340 e. The van der Waals surface area contributed by atoms with E-state index >= 15 is 0 Å². The van der Waals surface area contributed by atoms with E-state index in [1.54, 1.807) is 6.07 Å². The van der Waals surface area contributed by atoms with E-state index in [9.17, 15) is 9.59 Å². The molecule has 0 spiro atoms. The zero-order valence-corrected chi connectivity index (χ0v) is 15.3. The number of benzene rings is 1. The summed E-state index contributed by atoms with van der Waals surface area (Å²) in [6, 6.07) is 11.7. The largest absolute Gasteiger partial charge is 0.452 e. The molecular weight excluding hydrogens is 316 g/mol. The Kier molecular flexibility index (Phi) is 6.39. The van der Waals surface area contributed by atoms with Crippen molar-refractivity contribution in [3.63, 3.8) is 0 Å². The van der Waals surface area contributed by atoms with Gasteiger partial charge in [0.25, 0.3) is 5.91 Å². The number of hydrogen-bond donors (Lipinski definition) is 1. The molecule has 1 aromatic heterocycles. The van der Waals surface area contributed by atoms with Gasteiger partial charge in [-0.25, -0.2) is 4.79 Å². The molecule has 0 aliphatic heterocycles. The van der Waals surface area contributed by atoms with Gasteiger partial charge in [-0.2, -0.15) is 0 Å². The molecule has 5 heteroatoms. The predicted octanol–water partition coefficient (Wildman–Crippen LogP) is 3.56. The number of esters is 1. The van der Waals surface area contributed by atoms with Gasteiger partial charge in [0.15, 0.2) is 6.61 Å². The number of para-hydroxylation sites is 1. The molecule has 0 bridgehead atoms. The van der Waals surface area contributed by atoms with Crippen LogP contribution < -0.4 is 5.32 Å². The molecule has 0 fully saturated rings. The lowest BCUT2D eigenvalue weighted by Gasteiger charge is -2.13. The molecule has 1 heterocycles. The maximum absolute atomic E-state index is 12.4. The molecule has 2 rings (SSSR count). The quantitative estimate of drug-likeness (QED) is 0.783. The Labute approximate surface area is 149 Å². The number of rotatable bonds is 7. The molecule has 1 N–H and O–H groups in total. The summed E-state index contributed by atoms with van der Waals surface area (Å²) in [7, 11) is 0. The third kappa shape index (κ3) is 4.72. The number of aryl methyl sites for hydroxylation is 1. The fourth-order valence-electron chi connectivity index (χ4n) is 2.97. The standard InChI is InChI=1S/C20H26N2O3/c1-5-9-14(2)21-19(23)13-25-20(24)18-12-15(3)22(16(18)4)17-10-7-6-8-11-17/h6-8,10-12,14H,5,9,13H2,1-4H3,(H,21,23)/t14-/m0/s1. The Balaban J connectivity index is 2.05. The molecule has 0 radical (unpaired) electrons. The van der Waals surface area contributed by atoms with Crippen LogP contribution in [-0.4, -0.2) is 29.1 Å². The van der Waals surface area contributed by atoms with Gasteiger partial charge in [0.05, 0.1) is 5.56 Å². The van der Waals surface area contributed by atoms with Crippen molar-refractivity contribution in [1.29, 1.82) is 0 Å². The van der Waals surface area contributed by atoms with Crippen LogP contribution in [0.2, 0.25) is 0 Å². The van der Waals surface area contributed by atoms with Gasteiger partial charge in [0, 0.05) is 23.1 Å². The molecule has 0 unspecified atom stereocenters. The summed E-state index contributed by atoms with van der Waals surface area (Å²) in [6.07, 6.45) is 1.89. The Bertz CT molecular complexity index is 735. The molecule has 0 saturated carbocycles. The zero-order valence-electron chi connectivity index (χ0n) is 15.3. The zero-order chi connectivity index (χ0) is 18.4. The first-order valence-corrected chi connectivity index (χ1v) is 8.64. The van der Waals surface area contributed by atoms with Crippen LogP contribution in [0, 0.1) is 13.8 Å². The Morgan fingerprint density at radius 3 is 2.52 bits per heavy atom. The molecule has 5 nitrogen and oxygen atoms in total. The number of ether oxygens (including phenoxy) is 1. The number of nitrogens with zero attached hydrogens (tertiary/aromatic N) is 1. The second-order valence-electron chi connectivity index (χ2n) is 6.29. The average Bonchev–Trinajstić information content (AvgIpc) is 2.88. The lowest BCUT2D eigenvalue weighted by molar-refractivity contribution is -0.124. The molecule has 134 valence electrons. The van der Waals surface area contributed by atoms with E-state index < -0.39 is 5.97 Å². The molecule has 0 aliphatic carbocycles. The van der Waals surface area contributed by atoms with Gasteiger partial charge in [0.1, 0.15) is 0 Å². The minimum atomic E-state index is -0.478. The van der Waals surface area contributed by atoms with Crippen molar-refractivity contribution in [2.45, 2.75) is 46.6 Å². The maximum atomic E-state index is 12.4. The molecular formula is C20H26N2O3. The predicted molar refractivity (Wildman–Crippen MR) is 98.0 cm³/mol. The summed E-state index contributed by atoms with van der Waals surface area (Å²) in [4.78, 5) is 24.2. The highest BCUT2D eigenvalue weighted by molar-refractivity contribution is 5.93. The summed E-state index contributed by atoms with van der Waals surface area (Å²) in [5.41, 5.74) is 3.21. The first-order valence-electron chi connectivity index (χ1n) is 8.64. The molecule has 0 saturated heterocycles. The topological polar surface area (TPSA) is 60.3 Å². The number of hydrogen-bond acceptors (Lipinski definition) is 3. The van der Waals surface area contributed by atoms with E-state index in [4.69, 9.17) is 4.74 Å². The van der Waals surface area contributed by atoms with Crippen LogP contribution in [0.3, 0.4) is 0 Å². The lowest BCUT2D eigenvalue weighted by atomic mass is 10.2. The fraction of sp³-hybridized carbons (Fsp3) is 0.400. The van der Waals surface area contributed by atoms with Crippen molar-refractivity contribution in [3.05, 3.63) is 53.3 Å². The maximum Gasteiger partial charge on any atom is 0.340 e. The Morgan fingerprint density at radius 1 is 1.20 bits per heavy atom. The van der Waals surface area contributed by atoms with Gasteiger partial charge in [-0.05, 0) is 45.4 Å².